The normalized spacial score (nSPS) is 22.8. The molecule has 4 rings (SSSR count). The Hall–Kier alpha value is -2.53. The highest BCUT2D eigenvalue weighted by atomic mass is 32.2. The maximum absolute atomic E-state index is 11.4. The van der Waals surface area contributed by atoms with Crippen LogP contribution in [0.25, 0.3) is 11.0 Å². The Morgan fingerprint density at radius 1 is 1.18 bits per heavy atom. The van der Waals surface area contributed by atoms with Gasteiger partial charge in [0, 0.05) is 25.0 Å². The van der Waals surface area contributed by atoms with Crippen LogP contribution in [0.15, 0.2) is 48.9 Å². The van der Waals surface area contributed by atoms with Crippen molar-refractivity contribution < 1.29 is 18.1 Å². The fourth-order valence-electron chi connectivity index (χ4n) is 3.78. The molecule has 10 heteroatoms. The van der Waals surface area contributed by atoms with E-state index in [-0.39, 0.29) is 6.04 Å². The Kier molecular flexibility index (Phi) is 4.79. The maximum Gasteiger partial charge on any atom is 0.335 e. The van der Waals surface area contributed by atoms with Crippen LogP contribution in [0.2, 0.25) is 0 Å². The molecule has 1 aliphatic carbocycles. The van der Waals surface area contributed by atoms with Crippen molar-refractivity contribution in [2.24, 2.45) is 0 Å². The van der Waals surface area contributed by atoms with E-state index >= 15 is 0 Å². The van der Waals surface area contributed by atoms with Crippen LogP contribution in [0.3, 0.4) is 0 Å². The molecule has 28 heavy (non-hydrogen) atoms. The van der Waals surface area contributed by atoms with Gasteiger partial charge in [0.15, 0.2) is 0 Å². The smallest absolute Gasteiger partial charge is 0.335 e. The quantitative estimate of drug-likeness (QED) is 0.557. The van der Waals surface area contributed by atoms with Crippen molar-refractivity contribution in [2.75, 3.05) is 12.4 Å². The van der Waals surface area contributed by atoms with Crippen molar-refractivity contribution in [3.8, 4) is 0 Å². The number of fused-ring (bicyclic) bond motifs is 1. The molecule has 2 heterocycles. The number of likely N-dealkylation sites (N-methyl/N-ethyl adjacent to an activating group) is 1. The molecule has 0 aliphatic heterocycles. The van der Waals surface area contributed by atoms with E-state index in [2.05, 4.69) is 15.3 Å². The summed E-state index contributed by atoms with van der Waals surface area (Å²) in [5.41, 5.74) is 1.60. The first kappa shape index (κ1) is 18.8. The average Bonchev–Trinajstić information content (AvgIpc) is 3.25. The number of rotatable bonds is 5. The van der Waals surface area contributed by atoms with Crippen molar-refractivity contribution in [1.82, 2.24) is 18.8 Å². The number of benzene rings is 1. The van der Waals surface area contributed by atoms with Gasteiger partial charge in [-0.15, -0.1) is 0 Å². The zero-order valence-corrected chi connectivity index (χ0v) is 16.0. The monoisotopic (exact) mass is 403 g/mol. The lowest BCUT2D eigenvalue weighted by molar-refractivity contribution is 0.117. The first-order valence-electron chi connectivity index (χ1n) is 8.86. The number of aliphatic hydroxyl groups excluding tert-OH is 1. The number of nitrogens with zero attached hydrogens (tertiary/aromatic N) is 4. The van der Waals surface area contributed by atoms with Crippen LogP contribution in [-0.2, 0) is 10.3 Å². The molecule has 3 N–H and O–H groups in total. The summed E-state index contributed by atoms with van der Waals surface area (Å²) in [6, 6.07) is 10.7. The van der Waals surface area contributed by atoms with E-state index in [9.17, 15) is 18.1 Å². The zero-order valence-electron chi connectivity index (χ0n) is 15.2. The van der Waals surface area contributed by atoms with Crippen LogP contribution in [-0.4, -0.2) is 56.1 Å². The third kappa shape index (κ3) is 3.47. The van der Waals surface area contributed by atoms with Gasteiger partial charge in [0.05, 0.1) is 17.5 Å². The number of para-hydroxylation sites is 1. The molecule has 3 aromatic rings. The Morgan fingerprint density at radius 2 is 1.93 bits per heavy atom. The van der Waals surface area contributed by atoms with Gasteiger partial charge in [0.1, 0.15) is 17.8 Å². The molecule has 0 amide bonds. The lowest BCUT2D eigenvalue weighted by Gasteiger charge is -2.23. The van der Waals surface area contributed by atoms with Gasteiger partial charge < -0.3 is 15.0 Å². The molecule has 0 bridgehead atoms. The summed E-state index contributed by atoms with van der Waals surface area (Å²) in [5, 5.41) is 14.4. The summed E-state index contributed by atoms with van der Waals surface area (Å²) in [6.07, 6.45) is 3.19. The van der Waals surface area contributed by atoms with Crippen molar-refractivity contribution in [3.63, 3.8) is 0 Å². The minimum atomic E-state index is -4.37. The second-order valence-corrected chi connectivity index (χ2v) is 8.40. The fraction of sp³-hybridized carbons (Fsp3) is 0.333. The van der Waals surface area contributed by atoms with E-state index in [1.54, 1.807) is 0 Å². The van der Waals surface area contributed by atoms with Gasteiger partial charge in [-0.1, -0.05) is 18.2 Å². The molecule has 9 nitrogen and oxygen atoms in total. The number of anilines is 2. The SMILES string of the molecule is CN([C@H]1C[C@@H](n2ccc3c(Nc4ccccc4)ncnc32)C[C@@H]1O)S(=O)(=O)O. The summed E-state index contributed by atoms with van der Waals surface area (Å²) in [6.45, 7) is 0. The molecule has 2 aromatic heterocycles. The fourth-order valence-corrected chi connectivity index (χ4v) is 4.35. The van der Waals surface area contributed by atoms with Gasteiger partial charge in [0.2, 0.25) is 0 Å². The first-order valence-corrected chi connectivity index (χ1v) is 10.3. The Balaban J connectivity index is 1.63. The second kappa shape index (κ2) is 7.13. The van der Waals surface area contributed by atoms with Gasteiger partial charge in [0.25, 0.3) is 0 Å². The second-order valence-electron chi connectivity index (χ2n) is 6.93. The molecule has 0 spiro atoms. The lowest BCUT2D eigenvalue weighted by atomic mass is 10.2. The van der Waals surface area contributed by atoms with Gasteiger partial charge in [-0.3, -0.25) is 4.55 Å². The van der Waals surface area contributed by atoms with Crippen molar-refractivity contribution >= 4 is 32.8 Å². The molecular weight excluding hydrogens is 382 g/mol. The molecule has 1 fully saturated rings. The standard InChI is InChI=1S/C18H21N5O4S/c1-22(28(25,26)27)15-9-13(10-16(15)24)23-8-7-14-17(19-11-20-18(14)23)21-12-5-3-2-4-6-12/h2-8,11,13,15-16,24H,9-10H2,1H3,(H,19,20,21)(H,25,26,27)/t13-,15+,16+/m1/s1. The van der Waals surface area contributed by atoms with Gasteiger partial charge in [-0.25, -0.2) is 9.97 Å². The van der Waals surface area contributed by atoms with Gasteiger partial charge >= 0.3 is 10.3 Å². The number of hydrogen-bond acceptors (Lipinski definition) is 6. The Bertz CT molecular complexity index is 1090. The highest BCUT2D eigenvalue weighted by Gasteiger charge is 2.40. The maximum atomic E-state index is 11.4. The molecular formula is C18H21N5O4S. The molecule has 1 aliphatic rings. The third-order valence-corrected chi connectivity index (χ3v) is 6.24. The molecule has 1 aromatic carbocycles. The van der Waals surface area contributed by atoms with Crippen molar-refractivity contribution in [2.45, 2.75) is 31.0 Å². The van der Waals surface area contributed by atoms with E-state index in [1.807, 2.05) is 47.2 Å². The van der Waals surface area contributed by atoms with Crippen LogP contribution in [0.5, 0.6) is 0 Å². The van der Waals surface area contributed by atoms with E-state index in [0.717, 1.165) is 15.4 Å². The van der Waals surface area contributed by atoms with Crippen molar-refractivity contribution in [3.05, 3.63) is 48.9 Å². The van der Waals surface area contributed by atoms with Crippen LogP contribution >= 0.6 is 0 Å². The molecule has 148 valence electrons. The zero-order chi connectivity index (χ0) is 19.9. The summed E-state index contributed by atoms with van der Waals surface area (Å²) in [4.78, 5) is 8.71. The number of aliphatic hydroxyl groups is 1. The van der Waals surface area contributed by atoms with Gasteiger partial charge in [-0.05, 0) is 31.0 Å². The van der Waals surface area contributed by atoms with Gasteiger partial charge in [-0.2, -0.15) is 12.7 Å². The number of aromatic nitrogens is 3. The molecule has 3 atom stereocenters. The van der Waals surface area contributed by atoms with Crippen LogP contribution in [0.1, 0.15) is 18.9 Å². The molecule has 0 saturated heterocycles. The summed E-state index contributed by atoms with van der Waals surface area (Å²) < 4.78 is 34.9. The minimum Gasteiger partial charge on any atom is -0.391 e. The Morgan fingerprint density at radius 3 is 2.64 bits per heavy atom. The lowest BCUT2D eigenvalue weighted by Crippen LogP contribution is -2.41. The Labute approximate surface area is 162 Å². The summed E-state index contributed by atoms with van der Waals surface area (Å²) >= 11 is 0. The van der Waals surface area contributed by atoms with E-state index in [1.165, 1.54) is 13.4 Å². The van der Waals surface area contributed by atoms with Crippen LogP contribution in [0.4, 0.5) is 11.5 Å². The largest absolute Gasteiger partial charge is 0.391 e. The van der Waals surface area contributed by atoms with Crippen LogP contribution in [0, 0.1) is 0 Å². The number of nitrogens with one attached hydrogen (secondary N) is 1. The third-order valence-electron chi connectivity index (χ3n) is 5.24. The van der Waals surface area contributed by atoms with E-state index < -0.39 is 22.4 Å². The minimum absolute atomic E-state index is 0.152. The first-order chi connectivity index (χ1) is 13.3. The molecule has 1 saturated carbocycles. The predicted molar refractivity (Wildman–Crippen MR) is 105 cm³/mol. The predicted octanol–water partition coefficient (Wildman–Crippen LogP) is 1.97. The highest BCUT2D eigenvalue weighted by Crippen LogP contribution is 2.36. The average molecular weight is 403 g/mol. The van der Waals surface area contributed by atoms with Crippen LogP contribution < -0.4 is 5.32 Å². The topological polar surface area (TPSA) is 121 Å². The molecule has 0 unspecified atom stereocenters. The number of hydrogen-bond donors (Lipinski definition) is 3. The van der Waals surface area contributed by atoms with E-state index in [0.29, 0.717) is 24.3 Å². The highest BCUT2D eigenvalue weighted by molar-refractivity contribution is 7.83. The summed E-state index contributed by atoms with van der Waals surface area (Å²) in [5.74, 6) is 0.667. The van der Waals surface area contributed by atoms with Crippen molar-refractivity contribution in [1.29, 1.82) is 0 Å². The van der Waals surface area contributed by atoms with E-state index in [4.69, 9.17) is 0 Å². The molecule has 0 radical (unpaired) electrons. The summed E-state index contributed by atoms with van der Waals surface area (Å²) in [7, 11) is -3.10.